The summed E-state index contributed by atoms with van der Waals surface area (Å²) in [5.41, 5.74) is 2.16. The minimum Gasteiger partial charge on any atom is -0.481 e. The van der Waals surface area contributed by atoms with E-state index in [0.717, 1.165) is 9.13 Å². The average molecular weight is 301 g/mol. The summed E-state index contributed by atoms with van der Waals surface area (Å²) in [5, 5.41) is 17.4. The highest BCUT2D eigenvalue weighted by Gasteiger charge is 2.08. The third kappa shape index (κ3) is 2.45. The lowest BCUT2D eigenvalue weighted by Crippen LogP contribution is -2.03. The number of hydrogen-bond donors (Lipinski definition) is 1. The summed E-state index contributed by atoms with van der Waals surface area (Å²) in [6.07, 6.45) is -0.0304. The fourth-order valence-electron chi connectivity index (χ4n) is 1.15. The average Bonchev–Trinajstić information content (AvgIpc) is 2.11. The lowest BCUT2D eigenvalue weighted by atomic mass is 10.0. The topological polar surface area (TPSA) is 61.1 Å². The fraction of sp³-hybridized carbons (Fsp3) is 0.200. The predicted octanol–water partition coefficient (Wildman–Crippen LogP) is 2.10. The molecule has 0 fully saturated rings. The van der Waals surface area contributed by atoms with Gasteiger partial charge in [-0.15, -0.1) is 0 Å². The molecule has 0 unspecified atom stereocenters. The number of carboxylic acids is 1. The summed E-state index contributed by atoms with van der Waals surface area (Å²) >= 11 is 2.10. The molecule has 0 aliphatic heterocycles. The molecule has 0 radical (unpaired) electrons. The maximum Gasteiger partial charge on any atom is 0.307 e. The van der Waals surface area contributed by atoms with Crippen molar-refractivity contribution >= 4 is 28.6 Å². The van der Waals surface area contributed by atoms with Crippen LogP contribution in [-0.4, -0.2) is 11.1 Å². The van der Waals surface area contributed by atoms with Gasteiger partial charge in [0.2, 0.25) is 0 Å². The molecule has 1 N–H and O–H groups in total. The molecule has 0 saturated carbocycles. The zero-order valence-corrected chi connectivity index (χ0v) is 9.70. The summed E-state index contributed by atoms with van der Waals surface area (Å²) in [5.74, 6) is -0.876. The van der Waals surface area contributed by atoms with Crippen LogP contribution in [0.5, 0.6) is 0 Å². The predicted molar refractivity (Wildman–Crippen MR) is 60.0 cm³/mol. The van der Waals surface area contributed by atoms with Crippen LogP contribution >= 0.6 is 22.6 Å². The Bertz CT molecular complexity index is 421. The van der Waals surface area contributed by atoms with Crippen molar-refractivity contribution < 1.29 is 9.90 Å². The maximum atomic E-state index is 10.5. The molecule has 3 nitrogen and oxygen atoms in total. The van der Waals surface area contributed by atoms with Gasteiger partial charge in [0.15, 0.2) is 0 Å². The van der Waals surface area contributed by atoms with Gasteiger partial charge >= 0.3 is 5.97 Å². The van der Waals surface area contributed by atoms with Crippen molar-refractivity contribution in [1.82, 2.24) is 0 Å². The first-order valence-electron chi connectivity index (χ1n) is 3.95. The van der Waals surface area contributed by atoms with Crippen LogP contribution in [0.15, 0.2) is 12.1 Å². The zero-order chi connectivity index (χ0) is 10.7. The van der Waals surface area contributed by atoms with E-state index in [1.807, 2.05) is 13.0 Å². The van der Waals surface area contributed by atoms with Crippen molar-refractivity contribution in [3.05, 3.63) is 32.4 Å². The van der Waals surface area contributed by atoms with Gasteiger partial charge in [-0.2, -0.15) is 5.26 Å². The largest absolute Gasteiger partial charge is 0.481 e. The van der Waals surface area contributed by atoms with Gasteiger partial charge in [0.1, 0.15) is 0 Å². The van der Waals surface area contributed by atoms with Crippen LogP contribution in [0.1, 0.15) is 16.7 Å². The smallest absolute Gasteiger partial charge is 0.307 e. The Kier molecular flexibility index (Phi) is 3.47. The van der Waals surface area contributed by atoms with Gasteiger partial charge in [-0.25, -0.2) is 0 Å². The standard InChI is InChI=1S/C10H8INO2/c1-6-8(4-10(13)14)2-7(5-12)3-9(6)11/h2-3H,4H2,1H3,(H,13,14). The summed E-state index contributed by atoms with van der Waals surface area (Å²) in [6, 6.07) is 5.39. The highest BCUT2D eigenvalue weighted by atomic mass is 127. The third-order valence-corrected chi connectivity index (χ3v) is 3.04. The van der Waals surface area contributed by atoms with Crippen molar-refractivity contribution in [1.29, 1.82) is 5.26 Å². The van der Waals surface area contributed by atoms with E-state index in [2.05, 4.69) is 22.6 Å². The quantitative estimate of drug-likeness (QED) is 0.851. The van der Waals surface area contributed by atoms with Crippen LogP contribution in [0.4, 0.5) is 0 Å². The Morgan fingerprint density at radius 1 is 1.64 bits per heavy atom. The van der Waals surface area contributed by atoms with E-state index in [4.69, 9.17) is 10.4 Å². The molecular weight excluding hydrogens is 293 g/mol. The van der Waals surface area contributed by atoms with Crippen LogP contribution in [0, 0.1) is 21.8 Å². The van der Waals surface area contributed by atoms with E-state index in [-0.39, 0.29) is 6.42 Å². The summed E-state index contributed by atoms with van der Waals surface area (Å²) in [4.78, 5) is 10.5. The van der Waals surface area contributed by atoms with Crippen LogP contribution in [-0.2, 0) is 11.2 Å². The van der Waals surface area contributed by atoms with E-state index in [1.54, 1.807) is 12.1 Å². The Morgan fingerprint density at radius 2 is 2.29 bits per heavy atom. The van der Waals surface area contributed by atoms with E-state index in [0.29, 0.717) is 11.1 Å². The van der Waals surface area contributed by atoms with Crippen molar-refractivity contribution in [3.8, 4) is 6.07 Å². The molecular formula is C10H8INO2. The van der Waals surface area contributed by atoms with E-state index >= 15 is 0 Å². The summed E-state index contributed by atoms with van der Waals surface area (Å²) in [6.45, 7) is 1.86. The van der Waals surface area contributed by atoms with Crippen molar-refractivity contribution in [3.63, 3.8) is 0 Å². The number of nitrogens with zero attached hydrogens (tertiary/aromatic N) is 1. The molecule has 0 amide bonds. The first-order chi connectivity index (χ1) is 6.54. The Hall–Kier alpha value is -1.09. The normalized spacial score (nSPS) is 9.50. The molecule has 0 spiro atoms. The van der Waals surface area contributed by atoms with Crippen LogP contribution in [0.2, 0.25) is 0 Å². The van der Waals surface area contributed by atoms with Crippen molar-refractivity contribution in [2.24, 2.45) is 0 Å². The van der Waals surface area contributed by atoms with Crippen LogP contribution in [0.3, 0.4) is 0 Å². The Balaban J connectivity index is 3.21. The van der Waals surface area contributed by atoms with Gasteiger partial charge in [-0.1, -0.05) is 0 Å². The van der Waals surface area contributed by atoms with Crippen LogP contribution in [0.25, 0.3) is 0 Å². The molecule has 0 aromatic heterocycles. The SMILES string of the molecule is Cc1c(I)cc(C#N)cc1CC(=O)O. The molecule has 0 saturated heterocycles. The summed E-state index contributed by atoms with van der Waals surface area (Å²) in [7, 11) is 0. The number of benzene rings is 1. The molecule has 1 rings (SSSR count). The van der Waals surface area contributed by atoms with Gasteiger partial charge < -0.3 is 5.11 Å². The number of nitriles is 1. The second-order valence-corrected chi connectivity index (χ2v) is 4.09. The van der Waals surface area contributed by atoms with Gasteiger partial charge in [-0.05, 0) is 52.8 Å². The van der Waals surface area contributed by atoms with Gasteiger partial charge in [0.05, 0.1) is 18.1 Å². The molecule has 1 aromatic rings. The molecule has 0 heterocycles. The van der Waals surface area contributed by atoms with Crippen LogP contribution < -0.4 is 0 Å². The first-order valence-corrected chi connectivity index (χ1v) is 5.03. The van der Waals surface area contributed by atoms with Gasteiger partial charge in [0.25, 0.3) is 0 Å². The summed E-state index contributed by atoms with van der Waals surface area (Å²) < 4.78 is 0.929. The second kappa shape index (κ2) is 4.42. The minimum absolute atomic E-state index is 0.0304. The molecule has 72 valence electrons. The van der Waals surface area contributed by atoms with Gasteiger partial charge in [-0.3, -0.25) is 4.79 Å². The number of hydrogen-bond acceptors (Lipinski definition) is 2. The number of carbonyl (C=O) groups is 1. The zero-order valence-electron chi connectivity index (χ0n) is 7.54. The van der Waals surface area contributed by atoms with E-state index in [9.17, 15) is 4.79 Å². The lowest BCUT2D eigenvalue weighted by Gasteiger charge is -2.05. The fourth-order valence-corrected chi connectivity index (χ4v) is 1.83. The Morgan fingerprint density at radius 3 is 2.79 bits per heavy atom. The van der Waals surface area contributed by atoms with Crippen molar-refractivity contribution in [2.75, 3.05) is 0 Å². The Labute approximate surface area is 95.5 Å². The number of rotatable bonds is 2. The molecule has 1 aromatic carbocycles. The number of halogens is 1. The van der Waals surface area contributed by atoms with E-state index in [1.165, 1.54) is 0 Å². The monoisotopic (exact) mass is 301 g/mol. The van der Waals surface area contributed by atoms with Crippen molar-refractivity contribution in [2.45, 2.75) is 13.3 Å². The molecule has 0 aliphatic carbocycles. The minimum atomic E-state index is -0.876. The molecule has 0 atom stereocenters. The second-order valence-electron chi connectivity index (χ2n) is 2.92. The third-order valence-electron chi connectivity index (χ3n) is 1.92. The molecule has 14 heavy (non-hydrogen) atoms. The maximum absolute atomic E-state index is 10.5. The molecule has 4 heteroatoms. The highest BCUT2D eigenvalue weighted by Crippen LogP contribution is 2.19. The van der Waals surface area contributed by atoms with E-state index < -0.39 is 5.97 Å². The molecule has 0 aliphatic rings. The number of carboxylic acid groups (broad SMARTS) is 1. The number of aliphatic carboxylic acids is 1. The van der Waals surface area contributed by atoms with Gasteiger partial charge in [0, 0.05) is 3.57 Å². The lowest BCUT2D eigenvalue weighted by molar-refractivity contribution is -0.136. The highest BCUT2D eigenvalue weighted by molar-refractivity contribution is 14.1. The molecule has 0 bridgehead atoms. The first kappa shape index (κ1) is 11.0.